The summed E-state index contributed by atoms with van der Waals surface area (Å²) in [5.41, 5.74) is 1.81. The third-order valence-electron chi connectivity index (χ3n) is 3.82. The normalized spacial score (nSPS) is 11.1. The number of hydrogen-bond acceptors (Lipinski definition) is 6. The maximum atomic E-state index is 12.5. The second kappa shape index (κ2) is 8.79. The molecule has 0 bridgehead atoms. The smallest absolute Gasteiger partial charge is 0.338 e. The number of ether oxygens (including phenoxy) is 2. The van der Waals surface area contributed by atoms with Crippen molar-refractivity contribution in [2.24, 2.45) is 0 Å². The Bertz CT molecular complexity index is 935. The molecule has 0 aliphatic carbocycles. The van der Waals surface area contributed by atoms with Crippen molar-refractivity contribution < 1.29 is 27.5 Å². The van der Waals surface area contributed by atoms with E-state index in [1.54, 1.807) is 38.1 Å². The van der Waals surface area contributed by atoms with Gasteiger partial charge in [-0.1, -0.05) is 12.1 Å². The molecule has 2 rings (SSSR count). The first kappa shape index (κ1) is 20.6. The molecule has 0 amide bonds. The van der Waals surface area contributed by atoms with Crippen molar-refractivity contribution in [2.75, 3.05) is 13.7 Å². The van der Waals surface area contributed by atoms with Crippen LogP contribution in [0.4, 0.5) is 0 Å². The van der Waals surface area contributed by atoms with Crippen molar-refractivity contribution in [3.05, 3.63) is 64.7 Å². The monoisotopic (exact) mass is 391 g/mol. The predicted molar refractivity (Wildman–Crippen MR) is 98.9 cm³/mol. The van der Waals surface area contributed by atoms with E-state index in [1.807, 2.05) is 0 Å². The Morgan fingerprint density at radius 1 is 1.00 bits per heavy atom. The van der Waals surface area contributed by atoms with Gasteiger partial charge in [0.2, 0.25) is 10.0 Å². The summed E-state index contributed by atoms with van der Waals surface area (Å²) in [6.45, 7) is 3.67. The van der Waals surface area contributed by atoms with Gasteiger partial charge in [-0.25, -0.2) is 22.7 Å². The highest BCUT2D eigenvalue weighted by Gasteiger charge is 2.18. The molecule has 1 N–H and O–H groups in total. The third-order valence-corrected chi connectivity index (χ3v) is 5.38. The van der Waals surface area contributed by atoms with Gasteiger partial charge in [0.15, 0.2) is 0 Å². The highest BCUT2D eigenvalue weighted by Crippen LogP contribution is 2.18. The first-order valence-electron chi connectivity index (χ1n) is 8.23. The van der Waals surface area contributed by atoms with E-state index in [2.05, 4.69) is 9.46 Å². The van der Waals surface area contributed by atoms with Crippen LogP contribution in [0.15, 0.2) is 47.4 Å². The Balaban J connectivity index is 2.11. The van der Waals surface area contributed by atoms with Crippen molar-refractivity contribution in [3.8, 4) is 0 Å². The van der Waals surface area contributed by atoms with E-state index in [1.165, 1.54) is 25.3 Å². The van der Waals surface area contributed by atoms with Gasteiger partial charge in [0.05, 0.1) is 29.7 Å². The van der Waals surface area contributed by atoms with Crippen LogP contribution >= 0.6 is 0 Å². The molecule has 0 saturated carbocycles. The van der Waals surface area contributed by atoms with Crippen LogP contribution in [0.3, 0.4) is 0 Å². The molecule has 0 aliphatic heterocycles. The van der Waals surface area contributed by atoms with Gasteiger partial charge in [0, 0.05) is 6.54 Å². The molecule has 0 atom stereocenters. The summed E-state index contributed by atoms with van der Waals surface area (Å²) >= 11 is 0. The third kappa shape index (κ3) is 5.15. The lowest BCUT2D eigenvalue weighted by molar-refractivity contribution is 0.0525. The van der Waals surface area contributed by atoms with E-state index in [9.17, 15) is 18.0 Å². The number of aryl methyl sites for hydroxylation is 1. The molecule has 27 heavy (non-hydrogen) atoms. The number of carbonyl (C=O) groups is 2. The average molecular weight is 391 g/mol. The van der Waals surface area contributed by atoms with Crippen LogP contribution in [0.5, 0.6) is 0 Å². The number of methoxy groups -OCH3 is 1. The predicted octanol–water partition coefficient (Wildman–Crippen LogP) is 2.44. The van der Waals surface area contributed by atoms with E-state index in [-0.39, 0.29) is 23.6 Å². The molecule has 0 heterocycles. The Morgan fingerprint density at radius 3 is 2.19 bits per heavy atom. The fraction of sp³-hybridized carbons (Fsp3) is 0.263. The molecular weight excluding hydrogens is 370 g/mol. The molecule has 8 heteroatoms. The van der Waals surface area contributed by atoms with E-state index >= 15 is 0 Å². The molecule has 7 nitrogen and oxygen atoms in total. The number of carbonyl (C=O) groups excluding carboxylic acids is 2. The molecule has 0 aromatic heterocycles. The second-order valence-corrected chi connectivity index (χ2v) is 7.45. The van der Waals surface area contributed by atoms with Crippen LogP contribution < -0.4 is 4.72 Å². The van der Waals surface area contributed by atoms with E-state index in [0.29, 0.717) is 16.7 Å². The van der Waals surface area contributed by atoms with Gasteiger partial charge in [-0.3, -0.25) is 0 Å². The minimum atomic E-state index is -3.77. The van der Waals surface area contributed by atoms with Crippen molar-refractivity contribution in [1.29, 1.82) is 0 Å². The zero-order chi connectivity index (χ0) is 20.0. The Labute approximate surface area is 158 Å². The SMILES string of the molecule is CCOC(=O)c1ccc(CNS(=O)(=O)c2ccc(C(=O)OC)cc2C)cc1. The van der Waals surface area contributed by atoms with Gasteiger partial charge in [-0.2, -0.15) is 0 Å². The fourth-order valence-electron chi connectivity index (χ4n) is 2.42. The maximum Gasteiger partial charge on any atom is 0.338 e. The summed E-state index contributed by atoms with van der Waals surface area (Å²) in [5, 5.41) is 0. The number of hydrogen-bond donors (Lipinski definition) is 1. The van der Waals surface area contributed by atoms with Gasteiger partial charge in [0.25, 0.3) is 0 Å². The molecule has 2 aromatic carbocycles. The van der Waals surface area contributed by atoms with Crippen LogP contribution in [0.1, 0.15) is 38.8 Å². The molecule has 0 aliphatic rings. The van der Waals surface area contributed by atoms with Crippen molar-refractivity contribution in [3.63, 3.8) is 0 Å². The van der Waals surface area contributed by atoms with Crippen molar-refractivity contribution >= 4 is 22.0 Å². The number of benzene rings is 2. The van der Waals surface area contributed by atoms with Crippen molar-refractivity contribution in [2.45, 2.75) is 25.3 Å². The summed E-state index contributed by atoms with van der Waals surface area (Å²) in [6, 6.07) is 10.7. The average Bonchev–Trinajstić information content (AvgIpc) is 2.66. The van der Waals surface area contributed by atoms with Gasteiger partial charge in [-0.15, -0.1) is 0 Å². The number of nitrogens with one attached hydrogen (secondary N) is 1. The zero-order valence-electron chi connectivity index (χ0n) is 15.3. The summed E-state index contributed by atoms with van der Waals surface area (Å²) in [6.07, 6.45) is 0. The minimum absolute atomic E-state index is 0.0592. The van der Waals surface area contributed by atoms with Crippen molar-refractivity contribution in [1.82, 2.24) is 4.72 Å². The Morgan fingerprint density at radius 2 is 1.63 bits per heavy atom. The van der Waals surface area contributed by atoms with Crippen LogP contribution in [0.2, 0.25) is 0 Å². The maximum absolute atomic E-state index is 12.5. The van der Waals surface area contributed by atoms with Crippen LogP contribution in [0, 0.1) is 6.92 Å². The van der Waals surface area contributed by atoms with E-state index < -0.39 is 22.0 Å². The summed E-state index contributed by atoms with van der Waals surface area (Å²) in [4.78, 5) is 23.2. The van der Waals surface area contributed by atoms with Crippen LogP contribution in [0.25, 0.3) is 0 Å². The summed E-state index contributed by atoms with van der Waals surface area (Å²) in [7, 11) is -2.51. The first-order valence-corrected chi connectivity index (χ1v) is 9.71. The van der Waals surface area contributed by atoms with Crippen LogP contribution in [-0.4, -0.2) is 34.1 Å². The molecule has 0 unspecified atom stereocenters. The lowest BCUT2D eigenvalue weighted by atomic mass is 10.1. The van der Waals surface area contributed by atoms with E-state index in [4.69, 9.17) is 4.74 Å². The highest BCUT2D eigenvalue weighted by atomic mass is 32.2. The Hall–Kier alpha value is -2.71. The lowest BCUT2D eigenvalue weighted by Gasteiger charge is -2.11. The summed E-state index contributed by atoms with van der Waals surface area (Å²) < 4.78 is 37.1. The standard InChI is InChI=1S/C19H21NO6S/c1-4-26-19(22)15-7-5-14(6-8-15)12-20-27(23,24)17-10-9-16(11-13(17)2)18(21)25-3/h5-11,20H,4,12H2,1-3H3. The fourth-order valence-corrected chi connectivity index (χ4v) is 3.67. The number of sulfonamides is 1. The molecule has 0 fully saturated rings. The molecule has 2 aromatic rings. The number of rotatable bonds is 7. The highest BCUT2D eigenvalue weighted by molar-refractivity contribution is 7.89. The summed E-state index contributed by atoms with van der Waals surface area (Å²) in [5.74, 6) is -0.956. The van der Waals surface area contributed by atoms with Crippen LogP contribution in [-0.2, 0) is 26.0 Å². The minimum Gasteiger partial charge on any atom is -0.465 e. The molecule has 0 radical (unpaired) electrons. The molecular formula is C19H21NO6S. The quantitative estimate of drug-likeness (QED) is 0.728. The topological polar surface area (TPSA) is 98.8 Å². The zero-order valence-corrected chi connectivity index (χ0v) is 16.1. The molecule has 144 valence electrons. The van der Waals surface area contributed by atoms with E-state index in [0.717, 1.165) is 0 Å². The first-order chi connectivity index (χ1) is 12.8. The Kier molecular flexibility index (Phi) is 6.70. The second-order valence-electron chi connectivity index (χ2n) is 5.71. The van der Waals surface area contributed by atoms with Gasteiger partial charge >= 0.3 is 11.9 Å². The number of esters is 2. The van der Waals surface area contributed by atoms with Gasteiger partial charge < -0.3 is 9.47 Å². The van der Waals surface area contributed by atoms with Gasteiger partial charge in [-0.05, 0) is 55.3 Å². The molecule has 0 saturated heterocycles. The van der Waals surface area contributed by atoms with Gasteiger partial charge in [0.1, 0.15) is 0 Å². The lowest BCUT2D eigenvalue weighted by Crippen LogP contribution is -2.24. The molecule has 0 spiro atoms. The largest absolute Gasteiger partial charge is 0.465 e.